The first-order valence-corrected chi connectivity index (χ1v) is 5.74. The maximum absolute atomic E-state index is 11.5. The Labute approximate surface area is 109 Å². The maximum atomic E-state index is 11.5. The summed E-state index contributed by atoms with van der Waals surface area (Å²) in [5, 5.41) is 2.94. The van der Waals surface area contributed by atoms with Crippen LogP contribution in [0.5, 0.6) is 0 Å². The standard InChI is InChI=1S/C11H12Cl2N2O2/c1-11(10(14)17,15-9(16)6-12)7-3-2-4-8(13)5-7/h2-5H,6H2,1H3,(H2,14,17)(H,15,16). The first kappa shape index (κ1) is 13.8. The Kier molecular flexibility index (Phi) is 4.37. The Morgan fingerprint density at radius 1 is 1.47 bits per heavy atom. The molecule has 1 rings (SSSR count). The average Bonchev–Trinajstić information content (AvgIpc) is 2.28. The molecule has 0 aliphatic rings. The number of hydrogen-bond donors (Lipinski definition) is 2. The molecule has 0 aliphatic carbocycles. The Bertz CT molecular complexity index is 451. The van der Waals surface area contributed by atoms with Crippen molar-refractivity contribution >= 4 is 35.0 Å². The molecular formula is C11H12Cl2N2O2. The van der Waals surface area contributed by atoms with Gasteiger partial charge in [-0.3, -0.25) is 9.59 Å². The number of rotatable bonds is 4. The van der Waals surface area contributed by atoms with Crippen molar-refractivity contribution in [1.29, 1.82) is 0 Å². The first-order valence-electron chi connectivity index (χ1n) is 4.83. The van der Waals surface area contributed by atoms with Gasteiger partial charge in [-0.15, -0.1) is 11.6 Å². The summed E-state index contributed by atoms with van der Waals surface area (Å²) in [6.45, 7) is 1.51. The van der Waals surface area contributed by atoms with Crippen molar-refractivity contribution in [3.8, 4) is 0 Å². The SMILES string of the molecule is CC(NC(=O)CCl)(C(N)=O)c1cccc(Cl)c1. The number of alkyl halides is 1. The predicted octanol–water partition coefficient (Wildman–Crippen LogP) is 1.40. The topological polar surface area (TPSA) is 72.2 Å². The van der Waals surface area contributed by atoms with Gasteiger partial charge in [-0.25, -0.2) is 0 Å². The molecule has 0 radical (unpaired) electrons. The van der Waals surface area contributed by atoms with Crippen molar-refractivity contribution in [3.05, 3.63) is 34.9 Å². The minimum atomic E-state index is -1.32. The van der Waals surface area contributed by atoms with Crippen LogP contribution in [0.2, 0.25) is 5.02 Å². The number of halogens is 2. The van der Waals surface area contributed by atoms with Gasteiger partial charge in [0.25, 0.3) is 0 Å². The number of carbonyl (C=O) groups is 2. The summed E-state index contributed by atoms with van der Waals surface area (Å²) in [6, 6.07) is 6.56. The lowest BCUT2D eigenvalue weighted by atomic mass is 9.91. The number of nitrogens with one attached hydrogen (secondary N) is 1. The highest BCUT2D eigenvalue weighted by molar-refractivity contribution is 6.30. The summed E-state index contributed by atoms with van der Waals surface area (Å²) in [5.74, 6) is -1.41. The van der Waals surface area contributed by atoms with Gasteiger partial charge in [0.2, 0.25) is 11.8 Å². The first-order chi connectivity index (χ1) is 7.90. The maximum Gasteiger partial charge on any atom is 0.247 e. The summed E-state index contributed by atoms with van der Waals surface area (Å²) < 4.78 is 0. The van der Waals surface area contributed by atoms with Crippen LogP contribution >= 0.6 is 23.2 Å². The molecule has 1 atom stereocenters. The van der Waals surface area contributed by atoms with E-state index in [1.807, 2.05) is 0 Å². The van der Waals surface area contributed by atoms with Gasteiger partial charge < -0.3 is 11.1 Å². The number of carbonyl (C=O) groups excluding carboxylic acids is 2. The Balaban J connectivity index is 3.16. The second-order valence-corrected chi connectivity index (χ2v) is 4.39. The van der Waals surface area contributed by atoms with Crippen LogP contribution in [0.3, 0.4) is 0 Å². The largest absolute Gasteiger partial charge is 0.367 e. The molecule has 0 saturated carbocycles. The molecule has 0 bridgehead atoms. The number of benzene rings is 1. The lowest BCUT2D eigenvalue weighted by Crippen LogP contribution is -2.53. The third-order valence-electron chi connectivity index (χ3n) is 2.41. The minimum absolute atomic E-state index is 0.247. The zero-order chi connectivity index (χ0) is 13.1. The van der Waals surface area contributed by atoms with Crippen LogP contribution in [-0.4, -0.2) is 17.7 Å². The van der Waals surface area contributed by atoms with E-state index in [2.05, 4.69) is 5.32 Å². The smallest absolute Gasteiger partial charge is 0.247 e. The van der Waals surface area contributed by atoms with Gasteiger partial charge >= 0.3 is 0 Å². The second-order valence-electron chi connectivity index (χ2n) is 3.68. The lowest BCUT2D eigenvalue weighted by molar-refractivity contribution is -0.130. The molecule has 4 nitrogen and oxygen atoms in total. The molecule has 1 aromatic rings. The lowest BCUT2D eigenvalue weighted by Gasteiger charge is -2.27. The highest BCUT2D eigenvalue weighted by Gasteiger charge is 2.34. The van der Waals surface area contributed by atoms with E-state index in [0.29, 0.717) is 10.6 Å². The van der Waals surface area contributed by atoms with E-state index in [1.54, 1.807) is 24.3 Å². The van der Waals surface area contributed by atoms with Crippen LogP contribution in [0.15, 0.2) is 24.3 Å². The van der Waals surface area contributed by atoms with Crippen molar-refractivity contribution in [2.75, 3.05) is 5.88 Å². The fourth-order valence-corrected chi connectivity index (χ4v) is 1.64. The molecule has 6 heteroatoms. The number of hydrogen-bond acceptors (Lipinski definition) is 2. The van der Waals surface area contributed by atoms with Gasteiger partial charge in [0.1, 0.15) is 11.4 Å². The summed E-state index contributed by atoms with van der Waals surface area (Å²) >= 11 is 11.2. The average molecular weight is 275 g/mol. The predicted molar refractivity (Wildman–Crippen MR) is 66.9 cm³/mol. The molecule has 2 amide bonds. The van der Waals surface area contributed by atoms with Crippen LogP contribution in [0.4, 0.5) is 0 Å². The van der Waals surface area contributed by atoms with E-state index in [9.17, 15) is 9.59 Å². The van der Waals surface area contributed by atoms with E-state index in [0.717, 1.165) is 0 Å². The van der Waals surface area contributed by atoms with Crippen LogP contribution in [0, 0.1) is 0 Å². The molecule has 0 heterocycles. The third kappa shape index (κ3) is 3.11. The van der Waals surface area contributed by atoms with Crippen molar-refractivity contribution in [2.24, 2.45) is 5.73 Å². The molecule has 92 valence electrons. The Morgan fingerprint density at radius 2 is 2.12 bits per heavy atom. The summed E-state index contributed by atoms with van der Waals surface area (Å²) in [4.78, 5) is 22.8. The van der Waals surface area contributed by atoms with Gasteiger partial charge in [-0.1, -0.05) is 23.7 Å². The molecule has 1 unspecified atom stereocenters. The van der Waals surface area contributed by atoms with Crippen molar-refractivity contribution in [3.63, 3.8) is 0 Å². The van der Waals surface area contributed by atoms with Gasteiger partial charge in [0.05, 0.1) is 0 Å². The molecule has 1 aromatic carbocycles. The molecule has 17 heavy (non-hydrogen) atoms. The van der Waals surface area contributed by atoms with Gasteiger partial charge in [-0.05, 0) is 24.6 Å². The zero-order valence-electron chi connectivity index (χ0n) is 9.17. The summed E-state index contributed by atoms with van der Waals surface area (Å²) in [6.07, 6.45) is 0. The summed E-state index contributed by atoms with van der Waals surface area (Å²) in [7, 11) is 0. The molecule has 3 N–H and O–H groups in total. The molecular weight excluding hydrogens is 263 g/mol. The fourth-order valence-electron chi connectivity index (χ4n) is 1.39. The van der Waals surface area contributed by atoms with Crippen molar-refractivity contribution < 1.29 is 9.59 Å². The Morgan fingerprint density at radius 3 is 2.59 bits per heavy atom. The summed E-state index contributed by atoms with van der Waals surface area (Å²) in [5.41, 5.74) is 4.50. The number of primary amides is 1. The highest BCUT2D eigenvalue weighted by atomic mass is 35.5. The van der Waals surface area contributed by atoms with Crippen molar-refractivity contribution in [1.82, 2.24) is 5.32 Å². The van der Waals surface area contributed by atoms with Gasteiger partial charge in [-0.2, -0.15) is 0 Å². The van der Waals surface area contributed by atoms with E-state index in [4.69, 9.17) is 28.9 Å². The number of nitrogens with two attached hydrogens (primary N) is 1. The van der Waals surface area contributed by atoms with Crippen LogP contribution in [0.25, 0.3) is 0 Å². The molecule has 0 aliphatic heterocycles. The normalized spacial score (nSPS) is 13.8. The molecule has 0 fully saturated rings. The fraction of sp³-hybridized carbons (Fsp3) is 0.273. The quantitative estimate of drug-likeness (QED) is 0.815. The van der Waals surface area contributed by atoms with E-state index in [-0.39, 0.29) is 5.88 Å². The van der Waals surface area contributed by atoms with Crippen LogP contribution in [-0.2, 0) is 15.1 Å². The molecule has 0 aromatic heterocycles. The molecule has 0 saturated heterocycles. The van der Waals surface area contributed by atoms with E-state index < -0.39 is 17.4 Å². The third-order valence-corrected chi connectivity index (χ3v) is 2.88. The highest BCUT2D eigenvalue weighted by Crippen LogP contribution is 2.23. The number of amides is 2. The van der Waals surface area contributed by atoms with Crippen LogP contribution in [0.1, 0.15) is 12.5 Å². The Hall–Kier alpha value is -1.26. The van der Waals surface area contributed by atoms with Crippen molar-refractivity contribution in [2.45, 2.75) is 12.5 Å². The van der Waals surface area contributed by atoms with Gasteiger partial charge in [0, 0.05) is 5.02 Å². The zero-order valence-corrected chi connectivity index (χ0v) is 10.7. The van der Waals surface area contributed by atoms with E-state index in [1.165, 1.54) is 6.92 Å². The minimum Gasteiger partial charge on any atom is -0.367 e. The van der Waals surface area contributed by atoms with Crippen LogP contribution < -0.4 is 11.1 Å². The second kappa shape index (κ2) is 5.38. The molecule has 0 spiro atoms. The monoisotopic (exact) mass is 274 g/mol. The van der Waals surface area contributed by atoms with Gasteiger partial charge in [0.15, 0.2) is 0 Å². The van der Waals surface area contributed by atoms with E-state index >= 15 is 0 Å².